The van der Waals surface area contributed by atoms with Gasteiger partial charge in [-0.3, -0.25) is 0 Å². The van der Waals surface area contributed by atoms with Gasteiger partial charge in [0.1, 0.15) is 0 Å². The van der Waals surface area contributed by atoms with Crippen LogP contribution in [0.2, 0.25) is 0 Å². The van der Waals surface area contributed by atoms with Gasteiger partial charge in [-0.15, -0.1) is 0 Å². The summed E-state index contributed by atoms with van der Waals surface area (Å²) >= 11 is 0. The summed E-state index contributed by atoms with van der Waals surface area (Å²) in [6, 6.07) is 21.0. The van der Waals surface area contributed by atoms with Crippen molar-refractivity contribution in [1.82, 2.24) is 0 Å². The van der Waals surface area contributed by atoms with Crippen molar-refractivity contribution in [3.63, 3.8) is 0 Å². The maximum atomic E-state index is 2.25. The Kier molecular flexibility index (Phi) is 4.28. The Hall–Kier alpha value is -2.60. The lowest BCUT2D eigenvalue weighted by Crippen LogP contribution is -1.88. The summed E-state index contributed by atoms with van der Waals surface area (Å²) in [6.45, 7) is 0. The molecule has 0 fully saturated rings. The monoisotopic (exact) mass is 270 g/mol. The molecular formula is C21H18. The third-order valence-electron chi connectivity index (χ3n) is 3.49. The predicted molar refractivity (Wildman–Crippen MR) is 91.7 cm³/mol. The third kappa shape index (κ3) is 3.49. The summed E-state index contributed by atoms with van der Waals surface area (Å²) in [5.41, 5.74) is 4.97. The highest BCUT2D eigenvalue weighted by Gasteiger charge is 2.06. The molecule has 0 atom stereocenters. The van der Waals surface area contributed by atoms with Crippen LogP contribution in [0.1, 0.15) is 17.5 Å². The minimum absolute atomic E-state index is 0.993. The molecule has 0 heterocycles. The van der Waals surface area contributed by atoms with Crippen molar-refractivity contribution in [2.45, 2.75) is 6.42 Å². The van der Waals surface area contributed by atoms with Crippen LogP contribution in [-0.4, -0.2) is 0 Å². The Bertz CT molecular complexity index is 698. The van der Waals surface area contributed by atoms with Gasteiger partial charge in [0.2, 0.25) is 0 Å². The molecule has 0 aliphatic heterocycles. The fourth-order valence-corrected chi connectivity index (χ4v) is 2.43. The topological polar surface area (TPSA) is 0 Å². The average molecular weight is 270 g/mol. The van der Waals surface area contributed by atoms with E-state index in [1.807, 2.05) is 6.07 Å². The Balaban J connectivity index is 2.10. The second-order valence-corrected chi connectivity index (χ2v) is 5.02. The molecule has 21 heavy (non-hydrogen) atoms. The molecule has 1 aliphatic carbocycles. The summed E-state index contributed by atoms with van der Waals surface area (Å²) in [5.74, 6) is 0. The van der Waals surface area contributed by atoms with Gasteiger partial charge in [-0.25, -0.2) is 0 Å². The van der Waals surface area contributed by atoms with E-state index >= 15 is 0 Å². The fraction of sp³-hybridized carbons (Fsp3) is 0.0476. The molecule has 0 nitrogen and oxygen atoms in total. The van der Waals surface area contributed by atoms with Crippen molar-refractivity contribution in [2.75, 3.05) is 0 Å². The van der Waals surface area contributed by atoms with Crippen molar-refractivity contribution in [3.05, 3.63) is 108 Å². The predicted octanol–water partition coefficient (Wildman–Crippen LogP) is 5.67. The summed E-state index contributed by atoms with van der Waals surface area (Å²) in [7, 11) is 0. The van der Waals surface area contributed by atoms with E-state index in [1.54, 1.807) is 0 Å². The number of rotatable bonds is 3. The van der Waals surface area contributed by atoms with Gasteiger partial charge in [-0.05, 0) is 34.8 Å². The summed E-state index contributed by atoms with van der Waals surface area (Å²) in [4.78, 5) is 0. The van der Waals surface area contributed by atoms with Crippen LogP contribution in [0.25, 0.3) is 11.6 Å². The molecule has 2 aromatic carbocycles. The largest absolute Gasteiger partial charge is 0.0807 e. The molecular weight excluding hydrogens is 252 g/mol. The highest BCUT2D eigenvalue weighted by atomic mass is 14.1. The van der Waals surface area contributed by atoms with Gasteiger partial charge >= 0.3 is 0 Å². The number of allylic oxidation sites excluding steroid dienone is 7. The van der Waals surface area contributed by atoms with Crippen LogP contribution in [-0.2, 0) is 0 Å². The van der Waals surface area contributed by atoms with Crippen LogP contribution in [0, 0.1) is 0 Å². The van der Waals surface area contributed by atoms with E-state index in [0.717, 1.165) is 6.42 Å². The van der Waals surface area contributed by atoms with Crippen molar-refractivity contribution >= 4 is 11.6 Å². The summed E-state index contributed by atoms with van der Waals surface area (Å²) in [6.07, 6.45) is 14.2. The highest BCUT2D eigenvalue weighted by Crippen LogP contribution is 2.27. The summed E-state index contributed by atoms with van der Waals surface area (Å²) in [5, 5.41) is 0. The molecule has 0 N–H and O–H groups in total. The zero-order valence-electron chi connectivity index (χ0n) is 11.9. The molecule has 102 valence electrons. The summed E-state index contributed by atoms with van der Waals surface area (Å²) < 4.78 is 0. The van der Waals surface area contributed by atoms with Crippen molar-refractivity contribution in [1.29, 1.82) is 0 Å². The van der Waals surface area contributed by atoms with Crippen LogP contribution in [0.15, 0.2) is 96.6 Å². The van der Waals surface area contributed by atoms with Gasteiger partial charge in [0.25, 0.3) is 0 Å². The van der Waals surface area contributed by atoms with Gasteiger partial charge in [0.15, 0.2) is 0 Å². The molecule has 0 saturated heterocycles. The van der Waals surface area contributed by atoms with E-state index in [2.05, 4.69) is 91.1 Å². The van der Waals surface area contributed by atoms with E-state index < -0.39 is 0 Å². The first-order valence-corrected chi connectivity index (χ1v) is 7.29. The average Bonchev–Trinajstić information content (AvgIpc) is 2.84. The lowest BCUT2D eigenvalue weighted by Gasteiger charge is -2.09. The fourth-order valence-electron chi connectivity index (χ4n) is 2.43. The SMILES string of the molecule is C1=CCC=CC(/C(=C\c2ccccc2)c2ccccc2)=C1. The number of hydrogen-bond donors (Lipinski definition) is 0. The van der Waals surface area contributed by atoms with Gasteiger partial charge in [-0.2, -0.15) is 0 Å². The highest BCUT2D eigenvalue weighted by molar-refractivity contribution is 5.93. The molecule has 3 rings (SSSR count). The maximum Gasteiger partial charge on any atom is -0.0106 e. The lowest BCUT2D eigenvalue weighted by atomic mass is 9.95. The minimum Gasteiger partial charge on any atom is -0.0807 e. The first kappa shape index (κ1) is 13.4. The molecule has 2 aromatic rings. The zero-order valence-corrected chi connectivity index (χ0v) is 11.9. The smallest absolute Gasteiger partial charge is 0.0106 e. The molecule has 0 saturated carbocycles. The lowest BCUT2D eigenvalue weighted by molar-refractivity contribution is 1.40. The van der Waals surface area contributed by atoms with Crippen LogP contribution in [0.3, 0.4) is 0 Å². The second kappa shape index (κ2) is 6.71. The van der Waals surface area contributed by atoms with Crippen molar-refractivity contribution in [2.24, 2.45) is 0 Å². The first-order chi connectivity index (χ1) is 10.4. The molecule has 1 aliphatic rings. The molecule has 0 unspecified atom stereocenters. The number of hydrogen-bond acceptors (Lipinski definition) is 0. The molecule has 0 spiro atoms. The van der Waals surface area contributed by atoms with Gasteiger partial charge in [0, 0.05) is 0 Å². The number of benzene rings is 2. The van der Waals surface area contributed by atoms with E-state index in [1.165, 1.54) is 22.3 Å². The van der Waals surface area contributed by atoms with E-state index in [9.17, 15) is 0 Å². The molecule has 0 bridgehead atoms. The first-order valence-electron chi connectivity index (χ1n) is 7.29. The third-order valence-corrected chi connectivity index (χ3v) is 3.49. The normalized spacial score (nSPS) is 14.7. The Labute approximate surface area is 126 Å². The quantitative estimate of drug-likeness (QED) is 0.630. The van der Waals surface area contributed by atoms with E-state index in [-0.39, 0.29) is 0 Å². The molecule has 0 radical (unpaired) electrons. The Morgan fingerprint density at radius 3 is 2.29 bits per heavy atom. The van der Waals surface area contributed by atoms with E-state index in [4.69, 9.17) is 0 Å². The van der Waals surface area contributed by atoms with Crippen molar-refractivity contribution in [3.8, 4) is 0 Å². The van der Waals surface area contributed by atoms with E-state index in [0.29, 0.717) is 0 Å². The Morgan fingerprint density at radius 2 is 1.52 bits per heavy atom. The van der Waals surface area contributed by atoms with Crippen LogP contribution < -0.4 is 0 Å². The van der Waals surface area contributed by atoms with Crippen molar-refractivity contribution < 1.29 is 0 Å². The Morgan fingerprint density at radius 1 is 0.810 bits per heavy atom. The van der Waals surface area contributed by atoms with Gasteiger partial charge in [0.05, 0.1) is 0 Å². The minimum atomic E-state index is 0.993. The van der Waals surface area contributed by atoms with Crippen LogP contribution >= 0.6 is 0 Å². The molecule has 0 aromatic heterocycles. The molecule has 0 heteroatoms. The molecule has 0 amide bonds. The maximum absolute atomic E-state index is 2.25. The van der Waals surface area contributed by atoms with Gasteiger partial charge in [-0.1, -0.05) is 91.0 Å². The second-order valence-electron chi connectivity index (χ2n) is 5.02. The van der Waals surface area contributed by atoms with Gasteiger partial charge < -0.3 is 0 Å². The van der Waals surface area contributed by atoms with Crippen LogP contribution in [0.4, 0.5) is 0 Å². The standard InChI is InChI=1S/C21H18/c1-2-8-14-19(13-7-1)21(20-15-9-4-10-16-20)17-18-11-5-3-6-12-18/h1,3-17H,2H2/b21-17+. The zero-order chi connectivity index (χ0) is 14.3. The van der Waals surface area contributed by atoms with Crippen LogP contribution in [0.5, 0.6) is 0 Å².